The Morgan fingerprint density at radius 2 is 1.88 bits per heavy atom. The molecule has 0 bridgehead atoms. The number of hydrogen-bond acceptors (Lipinski definition) is 5. The molecule has 0 unspecified atom stereocenters. The van der Waals surface area contributed by atoms with Crippen LogP contribution in [-0.4, -0.2) is 36.0 Å². The van der Waals surface area contributed by atoms with Crippen molar-refractivity contribution in [1.29, 1.82) is 0 Å². The van der Waals surface area contributed by atoms with Crippen LogP contribution in [-0.2, 0) is 22.4 Å². The smallest absolute Gasteiger partial charge is 0.339 e. The molecule has 1 atom stereocenters. The van der Waals surface area contributed by atoms with Crippen molar-refractivity contribution in [2.24, 2.45) is 0 Å². The lowest BCUT2D eigenvalue weighted by atomic mass is 9.90. The van der Waals surface area contributed by atoms with E-state index in [1.807, 2.05) is 24.3 Å². The number of amides is 3. The van der Waals surface area contributed by atoms with Crippen LogP contribution in [0.15, 0.2) is 24.3 Å². The maximum atomic E-state index is 12.9. The van der Waals surface area contributed by atoms with E-state index in [4.69, 9.17) is 4.74 Å². The van der Waals surface area contributed by atoms with Crippen molar-refractivity contribution in [3.63, 3.8) is 0 Å². The molecule has 1 heterocycles. The van der Waals surface area contributed by atoms with Gasteiger partial charge in [-0.25, -0.2) is 9.59 Å². The number of benzene rings is 1. The first-order valence-electron chi connectivity index (χ1n) is 8.65. The quantitative estimate of drug-likeness (QED) is 0.822. The van der Waals surface area contributed by atoms with Crippen LogP contribution in [0.25, 0.3) is 10.9 Å². The van der Waals surface area contributed by atoms with Crippen molar-refractivity contribution in [2.75, 3.05) is 7.05 Å². The number of pyridine rings is 1. The van der Waals surface area contributed by atoms with Crippen LogP contribution >= 0.6 is 0 Å². The molecule has 0 spiro atoms. The number of aryl methyl sites for hydroxylation is 1. The van der Waals surface area contributed by atoms with Crippen molar-refractivity contribution in [2.45, 2.75) is 38.7 Å². The van der Waals surface area contributed by atoms with Crippen LogP contribution in [0.4, 0.5) is 4.79 Å². The number of esters is 1. The van der Waals surface area contributed by atoms with Gasteiger partial charge in [-0.05, 0) is 44.2 Å². The molecule has 1 aliphatic carbocycles. The van der Waals surface area contributed by atoms with Crippen LogP contribution in [0, 0.1) is 0 Å². The number of urea groups is 1. The zero-order chi connectivity index (χ0) is 18.7. The fourth-order valence-corrected chi connectivity index (χ4v) is 3.15. The highest BCUT2D eigenvalue weighted by molar-refractivity contribution is 6.06. The number of para-hydroxylation sites is 1. The summed E-state index contributed by atoms with van der Waals surface area (Å²) in [5, 5.41) is 5.11. The van der Waals surface area contributed by atoms with E-state index < -0.39 is 24.0 Å². The molecule has 0 radical (unpaired) electrons. The van der Waals surface area contributed by atoms with Gasteiger partial charge in [0.05, 0.1) is 11.1 Å². The molecule has 0 saturated heterocycles. The normalized spacial score (nSPS) is 14.2. The molecule has 1 aromatic heterocycles. The Hall–Kier alpha value is -2.96. The lowest BCUT2D eigenvalue weighted by Crippen LogP contribution is -2.43. The SMILES string of the molecule is CNC(=O)NC(=O)[C@@H](C)OC(=O)c1c2c(nc3ccccc13)CCCC2. The van der Waals surface area contributed by atoms with E-state index in [9.17, 15) is 14.4 Å². The average Bonchev–Trinajstić information content (AvgIpc) is 2.65. The zero-order valence-electron chi connectivity index (χ0n) is 14.8. The maximum absolute atomic E-state index is 12.9. The molecule has 0 aliphatic heterocycles. The third-order valence-corrected chi connectivity index (χ3v) is 4.49. The van der Waals surface area contributed by atoms with E-state index in [2.05, 4.69) is 15.6 Å². The monoisotopic (exact) mass is 355 g/mol. The summed E-state index contributed by atoms with van der Waals surface area (Å²) in [4.78, 5) is 40.8. The fraction of sp³-hybridized carbons (Fsp3) is 0.368. The van der Waals surface area contributed by atoms with E-state index >= 15 is 0 Å². The Morgan fingerprint density at radius 1 is 1.15 bits per heavy atom. The summed E-state index contributed by atoms with van der Waals surface area (Å²) < 4.78 is 5.36. The van der Waals surface area contributed by atoms with Crippen LogP contribution in [0.1, 0.15) is 41.4 Å². The summed E-state index contributed by atoms with van der Waals surface area (Å²) >= 11 is 0. The van der Waals surface area contributed by atoms with Crippen molar-refractivity contribution >= 4 is 28.8 Å². The van der Waals surface area contributed by atoms with Crippen molar-refractivity contribution < 1.29 is 19.1 Å². The fourth-order valence-electron chi connectivity index (χ4n) is 3.15. The van der Waals surface area contributed by atoms with Gasteiger partial charge in [0.25, 0.3) is 5.91 Å². The highest BCUT2D eigenvalue weighted by atomic mass is 16.5. The number of imide groups is 1. The van der Waals surface area contributed by atoms with E-state index in [0.717, 1.165) is 47.8 Å². The van der Waals surface area contributed by atoms with Gasteiger partial charge in [0.2, 0.25) is 0 Å². The van der Waals surface area contributed by atoms with Gasteiger partial charge in [-0.3, -0.25) is 15.1 Å². The van der Waals surface area contributed by atoms with E-state index in [-0.39, 0.29) is 0 Å². The minimum atomic E-state index is -1.09. The molecule has 3 amide bonds. The van der Waals surface area contributed by atoms with Crippen LogP contribution in [0.2, 0.25) is 0 Å². The van der Waals surface area contributed by atoms with Crippen LogP contribution in [0.5, 0.6) is 0 Å². The van der Waals surface area contributed by atoms with Crippen LogP contribution < -0.4 is 10.6 Å². The zero-order valence-corrected chi connectivity index (χ0v) is 14.8. The lowest BCUT2D eigenvalue weighted by molar-refractivity contribution is -0.127. The Balaban J connectivity index is 1.92. The molecule has 1 aliphatic rings. The largest absolute Gasteiger partial charge is 0.449 e. The molecule has 0 fully saturated rings. The maximum Gasteiger partial charge on any atom is 0.339 e. The van der Waals surface area contributed by atoms with E-state index in [1.165, 1.54) is 14.0 Å². The van der Waals surface area contributed by atoms with Gasteiger partial charge in [-0.1, -0.05) is 18.2 Å². The minimum absolute atomic E-state index is 0.477. The lowest BCUT2D eigenvalue weighted by Gasteiger charge is -2.21. The molecule has 0 saturated carbocycles. The number of rotatable bonds is 3. The number of carbonyl (C=O) groups is 3. The number of nitrogens with zero attached hydrogens (tertiary/aromatic N) is 1. The number of nitrogens with one attached hydrogen (secondary N) is 2. The second-order valence-electron chi connectivity index (χ2n) is 6.25. The summed E-state index contributed by atoms with van der Waals surface area (Å²) in [6.07, 6.45) is 2.52. The Labute approximate surface area is 151 Å². The second kappa shape index (κ2) is 7.51. The molecular formula is C19H21N3O4. The van der Waals surface area contributed by atoms with Gasteiger partial charge in [0, 0.05) is 18.1 Å². The standard InChI is InChI=1S/C19H21N3O4/c1-11(17(23)22-19(25)20-2)26-18(24)16-12-7-3-5-9-14(12)21-15-10-6-4-8-13(15)16/h3,5,7,9,11H,4,6,8,10H2,1-2H3,(H2,20,22,23,25)/t11-/m1/s1. The Morgan fingerprint density at radius 3 is 2.65 bits per heavy atom. The van der Waals surface area contributed by atoms with Gasteiger partial charge in [0.1, 0.15) is 0 Å². The summed E-state index contributed by atoms with van der Waals surface area (Å²) in [6.45, 7) is 1.44. The second-order valence-corrected chi connectivity index (χ2v) is 6.25. The van der Waals surface area contributed by atoms with Gasteiger partial charge in [-0.15, -0.1) is 0 Å². The predicted molar refractivity (Wildman–Crippen MR) is 95.9 cm³/mol. The van der Waals surface area contributed by atoms with Crippen molar-refractivity contribution in [3.8, 4) is 0 Å². The number of aromatic nitrogens is 1. The van der Waals surface area contributed by atoms with Gasteiger partial charge < -0.3 is 10.1 Å². The third-order valence-electron chi connectivity index (χ3n) is 4.49. The highest BCUT2D eigenvalue weighted by Crippen LogP contribution is 2.30. The molecule has 7 nitrogen and oxygen atoms in total. The first-order valence-corrected chi connectivity index (χ1v) is 8.65. The number of carbonyl (C=O) groups excluding carboxylic acids is 3. The first-order chi connectivity index (χ1) is 12.5. The van der Waals surface area contributed by atoms with Gasteiger partial charge in [0.15, 0.2) is 6.10 Å². The molecule has 7 heteroatoms. The summed E-state index contributed by atoms with van der Waals surface area (Å²) in [5.41, 5.74) is 3.04. The molecule has 26 heavy (non-hydrogen) atoms. The van der Waals surface area contributed by atoms with E-state index in [1.54, 1.807) is 0 Å². The Kier molecular flexibility index (Phi) is 5.16. The molecule has 2 N–H and O–H groups in total. The van der Waals surface area contributed by atoms with E-state index in [0.29, 0.717) is 5.56 Å². The number of hydrogen-bond donors (Lipinski definition) is 2. The van der Waals surface area contributed by atoms with Crippen molar-refractivity contribution in [1.82, 2.24) is 15.6 Å². The van der Waals surface area contributed by atoms with Crippen molar-refractivity contribution in [3.05, 3.63) is 41.1 Å². The third kappa shape index (κ3) is 3.51. The Bertz CT molecular complexity index is 878. The van der Waals surface area contributed by atoms with Crippen LogP contribution in [0.3, 0.4) is 0 Å². The molecule has 3 rings (SSSR count). The topological polar surface area (TPSA) is 97.4 Å². The summed E-state index contributed by atoms with van der Waals surface area (Å²) in [7, 11) is 1.40. The molecular weight excluding hydrogens is 334 g/mol. The van der Waals surface area contributed by atoms with Gasteiger partial charge in [-0.2, -0.15) is 0 Å². The first kappa shape index (κ1) is 17.8. The summed E-state index contributed by atoms with van der Waals surface area (Å²) in [5.74, 6) is -1.24. The predicted octanol–water partition coefficient (Wildman–Crippen LogP) is 2.11. The minimum Gasteiger partial charge on any atom is -0.449 e. The molecule has 1 aromatic carbocycles. The summed E-state index contributed by atoms with van der Waals surface area (Å²) in [6, 6.07) is 6.77. The molecule has 2 aromatic rings. The highest BCUT2D eigenvalue weighted by Gasteiger charge is 2.26. The average molecular weight is 355 g/mol. The molecule has 136 valence electrons. The number of fused-ring (bicyclic) bond motifs is 2. The van der Waals surface area contributed by atoms with Gasteiger partial charge >= 0.3 is 12.0 Å². The number of ether oxygens (including phenoxy) is 1.